The summed E-state index contributed by atoms with van der Waals surface area (Å²) in [6.07, 6.45) is 6.54. The first-order chi connectivity index (χ1) is 9.61. The number of aryl methyl sites for hydroxylation is 1. The van der Waals surface area contributed by atoms with Crippen LogP contribution in [0.15, 0.2) is 18.2 Å². The first-order valence-corrected chi connectivity index (χ1v) is 8.09. The Morgan fingerprint density at radius 3 is 2.65 bits per heavy atom. The maximum absolute atomic E-state index is 6.43. The van der Waals surface area contributed by atoms with Gasteiger partial charge in [0.25, 0.3) is 0 Å². The molecule has 112 valence electrons. The maximum atomic E-state index is 6.43. The van der Waals surface area contributed by atoms with Gasteiger partial charge in [0.1, 0.15) is 11.9 Å². The van der Waals surface area contributed by atoms with Crippen LogP contribution in [0.1, 0.15) is 63.0 Å². The molecule has 0 amide bonds. The second kappa shape index (κ2) is 7.12. The molecule has 1 aromatic carbocycles. The van der Waals surface area contributed by atoms with Gasteiger partial charge in [-0.25, -0.2) is 0 Å². The van der Waals surface area contributed by atoms with Crippen molar-refractivity contribution in [3.05, 3.63) is 29.3 Å². The van der Waals surface area contributed by atoms with Crippen molar-refractivity contribution < 1.29 is 4.74 Å². The third kappa shape index (κ3) is 3.76. The summed E-state index contributed by atoms with van der Waals surface area (Å²) in [7, 11) is 0. The maximum Gasteiger partial charge on any atom is 0.123 e. The molecule has 0 saturated heterocycles. The third-order valence-electron chi connectivity index (χ3n) is 4.46. The SMILES string of the molecule is Cc1ccc(C(C)C)c(OC2CCCCCC2CN)c1. The van der Waals surface area contributed by atoms with Gasteiger partial charge in [0.15, 0.2) is 0 Å². The van der Waals surface area contributed by atoms with E-state index in [9.17, 15) is 0 Å². The minimum atomic E-state index is 0.293. The van der Waals surface area contributed by atoms with Crippen LogP contribution in [0.5, 0.6) is 5.75 Å². The summed E-state index contributed by atoms with van der Waals surface area (Å²) >= 11 is 0. The fourth-order valence-corrected chi connectivity index (χ4v) is 3.16. The van der Waals surface area contributed by atoms with Gasteiger partial charge in [-0.2, -0.15) is 0 Å². The van der Waals surface area contributed by atoms with Crippen LogP contribution in [0.4, 0.5) is 0 Å². The molecule has 20 heavy (non-hydrogen) atoms. The quantitative estimate of drug-likeness (QED) is 0.826. The van der Waals surface area contributed by atoms with Crippen LogP contribution in [0, 0.1) is 12.8 Å². The Labute approximate surface area is 123 Å². The summed E-state index contributed by atoms with van der Waals surface area (Å²) in [4.78, 5) is 0. The van der Waals surface area contributed by atoms with Crippen molar-refractivity contribution in [1.82, 2.24) is 0 Å². The highest BCUT2D eigenvalue weighted by molar-refractivity contribution is 5.39. The van der Waals surface area contributed by atoms with E-state index in [2.05, 4.69) is 39.0 Å². The molecule has 2 rings (SSSR count). The lowest BCUT2D eigenvalue weighted by molar-refractivity contribution is 0.128. The molecule has 2 heteroatoms. The predicted molar refractivity (Wildman–Crippen MR) is 85.3 cm³/mol. The molecule has 1 fully saturated rings. The molecule has 0 aromatic heterocycles. The normalized spacial score (nSPS) is 23.6. The highest BCUT2D eigenvalue weighted by atomic mass is 16.5. The smallest absolute Gasteiger partial charge is 0.123 e. The first-order valence-electron chi connectivity index (χ1n) is 8.09. The molecule has 1 aliphatic rings. The van der Waals surface area contributed by atoms with Crippen LogP contribution in [-0.2, 0) is 0 Å². The van der Waals surface area contributed by atoms with Gasteiger partial charge in [0.2, 0.25) is 0 Å². The van der Waals surface area contributed by atoms with Crippen LogP contribution in [0.3, 0.4) is 0 Å². The van der Waals surface area contributed by atoms with Crippen molar-refractivity contribution in [1.29, 1.82) is 0 Å². The molecule has 2 nitrogen and oxygen atoms in total. The predicted octanol–water partition coefficient (Wildman–Crippen LogP) is 4.40. The summed E-state index contributed by atoms with van der Waals surface area (Å²) in [6.45, 7) is 7.33. The fourth-order valence-electron chi connectivity index (χ4n) is 3.16. The van der Waals surface area contributed by atoms with Crippen molar-refractivity contribution in [2.24, 2.45) is 11.7 Å². The highest BCUT2D eigenvalue weighted by Gasteiger charge is 2.25. The van der Waals surface area contributed by atoms with Gasteiger partial charge in [-0.15, -0.1) is 0 Å². The monoisotopic (exact) mass is 275 g/mol. The Bertz CT molecular complexity index is 427. The Hall–Kier alpha value is -1.02. The molecule has 1 saturated carbocycles. The average Bonchev–Trinajstić information content (AvgIpc) is 2.63. The van der Waals surface area contributed by atoms with E-state index < -0.39 is 0 Å². The number of ether oxygens (including phenoxy) is 1. The molecular weight excluding hydrogens is 246 g/mol. The number of hydrogen-bond acceptors (Lipinski definition) is 2. The topological polar surface area (TPSA) is 35.2 Å². The Kier molecular flexibility index (Phi) is 5.47. The standard InChI is InChI=1S/C18H29NO/c1-13(2)16-10-9-14(3)11-18(16)20-17-8-6-4-5-7-15(17)12-19/h9-11,13,15,17H,4-8,12,19H2,1-3H3. The third-order valence-corrected chi connectivity index (χ3v) is 4.46. The van der Waals surface area contributed by atoms with E-state index in [0.29, 0.717) is 17.9 Å². The number of benzene rings is 1. The summed E-state index contributed by atoms with van der Waals surface area (Å²) < 4.78 is 6.43. The molecule has 0 heterocycles. The van der Waals surface area contributed by atoms with Crippen LogP contribution < -0.4 is 10.5 Å². The summed E-state index contributed by atoms with van der Waals surface area (Å²) in [6, 6.07) is 6.58. The van der Waals surface area contributed by atoms with Gasteiger partial charge in [0, 0.05) is 5.92 Å². The molecule has 2 atom stereocenters. The van der Waals surface area contributed by atoms with E-state index >= 15 is 0 Å². The molecule has 0 bridgehead atoms. The summed E-state index contributed by atoms with van der Waals surface area (Å²) in [5.41, 5.74) is 8.55. The molecular formula is C18H29NO. The van der Waals surface area contributed by atoms with Gasteiger partial charge in [0.05, 0.1) is 0 Å². The molecule has 1 aliphatic carbocycles. The zero-order valence-electron chi connectivity index (χ0n) is 13.2. The summed E-state index contributed by atoms with van der Waals surface area (Å²) in [5.74, 6) is 2.08. The Morgan fingerprint density at radius 2 is 1.95 bits per heavy atom. The molecule has 2 N–H and O–H groups in total. The van der Waals surface area contributed by atoms with Crippen molar-refractivity contribution in [2.75, 3.05) is 6.54 Å². The van der Waals surface area contributed by atoms with Crippen LogP contribution in [-0.4, -0.2) is 12.6 Å². The highest BCUT2D eigenvalue weighted by Crippen LogP contribution is 2.32. The number of nitrogens with two attached hydrogens (primary N) is 1. The largest absolute Gasteiger partial charge is 0.490 e. The summed E-state index contributed by atoms with van der Waals surface area (Å²) in [5, 5.41) is 0. The molecule has 0 aliphatic heterocycles. The second-order valence-corrected chi connectivity index (χ2v) is 6.49. The average molecular weight is 275 g/mol. The molecule has 1 aromatic rings. The van der Waals surface area contributed by atoms with Crippen molar-refractivity contribution in [3.63, 3.8) is 0 Å². The van der Waals surface area contributed by atoms with Crippen molar-refractivity contribution >= 4 is 0 Å². The lowest BCUT2D eigenvalue weighted by atomic mass is 9.96. The van der Waals surface area contributed by atoms with E-state index in [1.165, 1.54) is 36.8 Å². The van der Waals surface area contributed by atoms with Gasteiger partial charge in [-0.05, 0) is 55.8 Å². The Morgan fingerprint density at radius 1 is 1.20 bits per heavy atom. The lowest BCUT2D eigenvalue weighted by Gasteiger charge is -2.27. The Balaban J connectivity index is 2.20. The van der Waals surface area contributed by atoms with Gasteiger partial charge in [-0.1, -0.05) is 38.8 Å². The number of hydrogen-bond donors (Lipinski definition) is 1. The molecule has 0 radical (unpaired) electrons. The van der Waals surface area contributed by atoms with Crippen LogP contribution in [0.2, 0.25) is 0 Å². The minimum absolute atomic E-state index is 0.293. The molecule has 2 unspecified atom stereocenters. The second-order valence-electron chi connectivity index (χ2n) is 6.49. The van der Waals surface area contributed by atoms with E-state index in [-0.39, 0.29) is 0 Å². The van der Waals surface area contributed by atoms with Crippen LogP contribution >= 0.6 is 0 Å². The number of rotatable bonds is 4. The lowest BCUT2D eigenvalue weighted by Crippen LogP contribution is -2.32. The zero-order chi connectivity index (χ0) is 14.5. The minimum Gasteiger partial charge on any atom is -0.490 e. The molecule has 0 spiro atoms. The van der Waals surface area contributed by atoms with E-state index in [4.69, 9.17) is 10.5 Å². The fraction of sp³-hybridized carbons (Fsp3) is 0.667. The van der Waals surface area contributed by atoms with E-state index in [0.717, 1.165) is 18.7 Å². The first kappa shape index (κ1) is 15.4. The van der Waals surface area contributed by atoms with Crippen LogP contribution in [0.25, 0.3) is 0 Å². The van der Waals surface area contributed by atoms with Gasteiger partial charge < -0.3 is 10.5 Å². The van der Waals surface area contributed by atoms with Crippen molar-refractivity contribution in [3.8, 4) is 5.75 Å². The zero-order valence-corrected chi connectivity index (χ0v) is 13.2. The van der Waals surface area contributed by atoms with E-state index in [1.807, 2.05) is 0 Å². The van der Waals surface area contributed by atoms with E-state index in [1.54, 1.807) is 0 Å². The van der Waals surface area contributed by atoms with Gasteiger partial charge in [-0.3, -0.25) is 0 Å². The van der Waals surface area contributed by atoms with Crippen molar-refractivity contribution in [2.45, 2.75) is 64.9 Å². The van der Waals surface area contributed by atoms with Gasteiger partial charge >= 0.3 is 0 Å².